The number of aliphatic hydroxyl groups is 1. The van der Waals surface area contributed by atoms with Crippen LogP contribution in [0.25, 0.3) is 5.52 Å². The fraction of sp³-hybridized carbons (Fsp3) is 0.591. The van der Waals surface area contributed by atoms with E-state index < -0.39 is 23.9 Å². The molecule has 1 aliphatic heterocycles. The van der Waals surface area contributed by atoms with Crippen molar-refractivity contribution < 1.29 is 27.9 Å². The van der Waals surface area contributed by atoms with E-state index in [1.54, 1.807) is 11.0 Å². The number of fused-ring (bicyclic) bond motifs is 2. The molecule has 6 rings (SSSR count). The zero-order valence-corrected chi connectivity index (χ0v) is 18.3. The number of nitrogens with zero attached hydrogens (tertiary/aromatic N) is 4. The number of halogens is 4. The summed E-state index contributed by atoms with van der Waals surface area (Å²) in [7, 11) is 0. The van der Waals surface area contributed by atoms with Crippen molar-refractivity contribution in [1.29, 1.82) is 0 Å². The lowest BCUT2D eigenvalue weighted by molar-refractivity contribution is -0.142. The molecule has 2 aromatic heterocycles. The maximum Gasteiger partial charge on any atom is 0.433 e. The van der Waals surface area contributed by atoms with Crippen molar-refractivity contribution in [2.45, 2.75) is 49.9 Å². The highest BCUT2D eigenvalue weighted by Crippen LogP contribution is 2.53. The lowest BCUT2D eigenvalue weighted by atomic mass is 10.1. The highest BCUT2D eigenvalue weighted by Gasteiger charge is 2.55. The Hall–Kier alpha value is -2.33. The first kappa shape index (κ1) is 21.2. The molecule has 0 spiro atoms. The van der Waals surface area contributed by atoms with Crippen LogP contribution in [0.1, 0.15) is 53.3 Å². The Bertz CT molecular complexity index is 1180. The average Bonchev–Trinajstić information content (AvgIpc) is 3.68. The van der Waals surface area contributed by atoms with Crippen LogP contribution in [0.15, 0.2) is 12.1 Å². The molecule has 1 N–H and O–H groups in total. The molecule has 0 aromatic carbocycles. The van der Waals surface area contributed by atoms with Crippen LogP contribution in [0.2, 0.25) is 5.02 Å². The Morgan fingerprint density at radius 1 is 1.18 bits per heavy atom. The second-order valence-electron chi connectivity index (χ2n) is 9.67. The van der Waals surface area contributed by atoms with Gasteiger partial charge in [0.25, 0.3) is 5.91 Å². The first-order valence-corrected chi connectivity index (χ1v) is 11.6. The van der Waals surface area contributed by atoms with E-state index in [-0.39, 0.29) is 59.7 Å². The van der Waals surface area contributed by atoms with Crippen molar-refractivity contribution in [3.63, 3.8) is 0 Å². The van der Waals surface area contributed by atoms with Gasteiger partial charge in [0.05, 0.1) is 22.7 Å². The van der Waals surface area contributed by atoms with Crippen LogP contribution in [0.4, 0.5) is 13.2 Å². The summed E-state index contributed by atoms with van der Waals surface area (Å²) in [5, 5.41) is 14.2. The minimum absolute atomic E-state index is 0.0370. The maximum absolute atomic E-state index is 13.7. The minimum atomic E-state index is -4.66. The lowest BCUT2D eigenvalue weighted by Gasteiger charge is -2.39. The van der Waals surface area contributed by atoms with Gasteiger partial charge in [0, 0.05) is 13.1 Å². The lowest BCUT2D eigenvalue weighted by Crippen LogP contribution is -2.57. The molecule has 2 aromatic rings. The minimum Gasteiger partial charge on any atom is -0.391 e. The number of hydrogen-bond acceptors (Lipinski definition) is 4. The number of amides is 2. The van der Waals surface area contributed by atoms with Gasteiger partial charge >= 0.3 is 6.18 Å². The van der Waals surface area contributed by atoms with E-state index in [4.69, 9.17) is 11.6 Å². The number of alkyl halides is 3. The fourth-order valence-corrected chi connectivity index (χ4v) is 5.75. The third kappa shape index (κ3) is 3.41. The van der Waals surface area contributed by atoms with Crippen LogP contribution in [0, 0.1) is 11.8 Å². The van der Waals surface area contributed by atoms with Crippen molar-refractivity contribution in [1.82, 2.24) is 19.4 Å². The number of aromatic nitrogens is 2. The monoisotopic (exact) mass is 482 g/mol. The Balaban J connectivity index is 1.27. The van der Waals surface area contributed by atoms with Crippen LogP contribution < -0.4 is 0 Å². The maximum atomic E-state index is 13.7. The average molecular weight is 483 g/mol. The van der Waals surface area contributed by atoms with Crippen LogP contribution in [0.5, 0.6) is 0 Å². The highest BCUT2D eigenvalue weighted by molar-refractivity contribution is 6.36. The van der Waals surface area contributed by atoms with E-state index >= 15 is 0 Å². The Kier molecular flexibility index (Phi) is 4.56. The number of rotatable bonds is 3. The predicted molar refractivity (Wildman–Crippen MR) is 111 cm³/mol. The fourth-order valence-electron chi connectivity index (χ4n) is 5.50. The molecule has 7 nitrogen and oxygen atoms in total. The number of carbonyl (C=O) groups is 2. The molecular weight excluding hydrogens is 461 g/mol. The zero-order chi connectivity index (χ0) is 23.2. The predicted octanol–water partition coefficient (Wildman–Crippen LogP) is 2.94. The van der Waals surface area contributed by atoms with E-state index in [0.717, 1.165) is 31.7 Å². The molecule has 4 aliphatic rings. The van der Waals surface area contributed by atoms with E-state index in [0.29, 0.717) is 16.0 Å². The summed E-state index contributed by atoms with van der Waals surface area (Å²) in [5.41, 5.74) is -0.696. The molecule has 0 bridgehead atoms. The summed E-state index contributed by atoms with van der Waals surface area (Å²) in [5.74, 6) is -0.163. The molecule has 4 fully saturated rings. The molecule has 3 aliphatic carbocycles. The van der Waals surface area contributed by atoms with Gasteiger partial charge < -0.3 is 14.9 Å². The molecule has 1 saturated heterocycles. The first-order chi connectivity index (χ1) is 15.6. The molecule has 0 radical (unpaired) electrons. The van der Waals surface area contributed by atoms with Gasteiger partial charge in [-0.15, -0.1) is 0 Å². The van der Waals surface area contributed by atoms with Crippen molar-refractivity contribution >= 4 is 28.9 Å². The number of pyridine rings is 1. The molecule has 3 saturated carbocycles. The van der Waals surface area contributed by atoms with Crippen LogP contribution in [0.3, 0.4) is 0 Å². The SMILES string of the molecule is O=C(c1nn2c(C(F)(F)F)cc(C3CC3)cc2c1Cl)N1CCN([C@@H]2C[C@@H]3C[C@@H]3[C@@H]2O)C(=O)C1. The van der Waals surface area contributed by atoms with Gasteiger partial charge in [0.15, 0.2) is 5.69 Å². The van der Waals surface area contributed by atoms with E-state index in [2.05, 4.69) is 5.10 Å². The van der Waals surface area contributed by atoms with E-state index in [9.17, 15) is 27.9 Å². The summed E-state index contributed by atoms with van der Waals surface area (Å²) in [6.07, 6.45) is -1.80. The van der Waals surface area contributed by atoms with Gasteiger partial charge in [-0.1, -0.05) is 11.6 Å². The standard InChI is InChI=1S/C22H22ClF3N4O3/c23-18-14-6-11(10-1-2-10)8-16(22(24,25)26)30(14)27-19(18)21(33)28-3-4-29(17(31)9-28)15-7-12-5-13(12)20(15)32/h6,8,10,12-13,15,20,32H,1-5,7,9H2/t12-,13-,15+,20-/m0/s1. The van der Waals surface area contributed by atoms with Crippen molar-refractivity contribution in [2.24, 2.45) is 11.8 Å². The normalized spacial score (nSPS) is 29.7. The second-order valence-corrected chi connectivity index (χ2v) is 10.1. The van der Waals surface area contributed by atoms with Gasteiger partial charge in [-0.3, -0.25) is 9.59 Å². The largest absolute Gasteiger partial charge is 0.433 e. The number of carbonyl (C=O) groups excluding carboxylic acids is 2. The topological polar surface area (TPSA) is 78.2 Å². The summed E-state index contributed by atoms with van der Waals surface area (Å²) < 4.78 is 41.8. The molecule has 176 valence electrons. The first-order valence-electron chi connectivity index (χ1n) is 11.2. The summed E-state index contributed by atoms with van der Waals surface area (Å²) in [4.78, 5) is 28.8. The molecule has 2 amide bonds. The van der Waals surface area contributed by atoms with Crippen molar-refractivity contribution in [3.05, 3.63) is 34.1 Å². The molecule has 3 heterocycles. The molecular formula is C22H22ClF3N4O3. The van der Waals surface area contributed by atoms with Gasteiger partial charge in [-0.05, 0) is 61.1 Å². The van der Waals surface area contributed by atoms with Gasteiger partial charge in [0.2, 0.25) is 5.91 Å². The molecule has 33 heavy (non-hydrogen) atoms. The summed E-state index contributed by atoms with van der Waals surface area (Å²) >= 11 is 6.37. The van der Waals surface area contributed by atoms with Crippen molar-refractivity contribution in [2.75, 3.05) is 19.6 Å². The van der Waals surface area contributed by atoms with E-state index in [1.807, 2.05) is 0 Å². The van der Waals surface area contributed by atoms with Gasteiger partial charge in [-0.2, -0.15) is 18.3 Å². The zero-order valence-electron chi connectivity index (χ0n) is 17.6. The van der Waals surface area contributed by atoms with Crippen molar-refractivity contribution in [3.8, 4) is 0 Å². The van der Waals surface area contributed by atoms with Gasteiger partial charge in [-0.25, -0.2) is 4.52 Å². The van der Waals surface area contributed by atoms with Crippen LogP contribution >= 0.6 is 11.6 Å². The summed E-state index contributed by atoms with van der Waals surface area (Å²) in [6, 6.07) is 2.41. The molecule has 4 atom stereocenters. The van der Waals surface area contributed by atoms with Crippen LogP contribution in [-0.2, 0) is 11.0 Å². The third-order valence-electron chi connectivity index (χ3n) is 7.54. The highest BCUT2D eigenvalue weighted by atomic mass is 35.5. The third-order valence-corrected chi connectivity index (χ3v) is 7.91. The quantitative estimate of drug-likeness (QED) is 0.729. The van der Waals surface area contributed by atoms with Gasteiger partial charge in [0.1, 0.15) is 12.2 Å². The van der Waals surface area contributed by atoms with E-state index in [1.165, 1.54) is 4.90 Å². The number of aliphatic hydroxyl groups excluding tert-OH is 1. The summed E-state index contributed by atoms with van der Waals surface area (Å²) in [6.45, 7) is 0.240. The number of hydrogen-bond donors (Lipinski definition) is 1. The Morgan fingerprint density at radius 2 is 1.94 bits per heavy atom. The Labute approximate surface area is 192 Å². The Morgan fingerprint density at radius 3 is 2.55 bits per heavy atom. The second kappa shape index (κ2) is 7.09. The molecule has 11 heteroatoms. The molecule has 0 unspecified atom stereocenters. The number of piperazine rings is 1. The smallest absolute Gasteiger partial charge is 0.391 e. The van der Waals surface area contributed by atoms with Crippen LogP contribution in [-0.4, -0.2) is 68.1 Å².